The van der Waals surface area contributed by atoms with Crippen molar-refractivity contribution in [3.05, 3.63) is 28.8 Å². The van der Waals surface area contributed by atoms with Crippen LogP contribution >= 0.6 is 11.6 Å². The van der Waals surface area contributed by atoms with Gasteiger partial charge in [0.2, 0.25) is 6.79 Å². The third kappa shape index (κ3) is 5.38. The van der Waals surface area contributed by atoms with Gasteiger partial charge in [0.25, 0.3) is 5.91 Å². The summed E-state index contributed by atoms with van der Waals surface area (Å²) in [7, 11) is 0. The number of halogens is 1. The summed E-state index contributed by atoms with van der Waals surface area (Å²) in [6, 6.07) is 2.48. The van der Waals surface area contributed by atoms with Gasteiger partial charge < -0.3 is 19.5 Å². The first-order valence-electron chi connectivity index (χ1n) is 7.85. The summed E-state index contributed by atoms with van der Waals surface area (Å²) in [6.45, 7) is 4.95. The van der Waals surface area contributed by atoms with Crippen LogP contribution in [0.2, 0.25) is 5.02 Å². The lowest BCUT2D eigenvalue weighted by Crippen LogP contribution is -2.46. The predicted molar refractivity (Wildman–Crippen MR) is 94.0 cm³/mol. The van der Waals surface area contributed by atoms with Gasteiger partial charge in [-0.3, -0.25) is 10.1 Å². The number of esters is 1. The minimum Gasteiger partial charge on any atom is -0.454 e. The lowest BCUT2D eigenvalue weighted by atomic mass is 10.2. The standard InChI is InChI=1S/C17H19ClN2O6/c1-9(2)19-17(23)20-16(22)10(3)26-14(21)5-4-11-6-12(18)15-13(7-11)24-8-25-15/h4-7,9-10H,8H2,1-3H3,(H2,19,20,22,23)/b5-4+/t10-/m0/s1. The Morgan fingerprint density at radius 3 is 2.65 bits per heavy atom. The number of nitrogens with one attached hydrogen (secondary N) is 2. The SMILES string of the molecule is CC(C)NC(=O)NC(=O)[C@H](C)OC(=O)/C=C/c1cc(Cl)c2c(c1)OCO2. The van der Waals surface area contributed by atoms with E-state index in [0.29, 0.717) is 22.1 Å². The van der Waals surface area contributed by atoms with Crippen LogP contribution in [-0.4, -0.2) is 36.8 Å². The Kier molecular flexibility index (Phi) is 6.46. The van der Waals surface area contributed by atoms with Crippen molar-refractivity contribution in [1.29, 1.82) is 0 Å². The van der Waals surface area contributed by atoms with Gasteiger partial charge in [-0.25, -0.2) is 9.59 Å². The molecule has 26 heavy (non-hydrogen) atoms. The minimum atomic E-state index is -1.13. The van der Waals surface area contributed by atoms with E-state index in [9.17, 15) is 14.4 Å². The second kappa shape index (κ2) is 8.57. The average Bonchev–Trinajstić information content (AvgIpc) is 3.01. The molecule has 140 valence electrons. The topological polar surface area (TPSA) is 103 Å². The maximum absolute atomic E-state index is 11.8. The van der Waals surface area contributed by atoms with Crippen LogP contribution in [0.4, 0.5) is 4.79 Å². The van der Waals surface area contributed by atoms with Gasteiger partial charge in [0.1, 0.15) is 0 Å². The summed E-state index contributed by atoms with van der Waals surface area (Å²) >= 11 is 6.05. The summed E-state index contributed by atoms with van der Waals surface area (Å²) in [5, 5.41) is 4.94. The second-order valence-electron chi connectivity index (χ2n) is 5.77. The Hall–Kier alpha value is -2.74. The molecule has 0 spiro atoms. The van der Waals surface area contributed by atoms with Crippen LogP contribution in [0.5, 0.6) is 11.5 Å². The second-order valence-corrected chi connectivity index (χ2v) is 6.17. The van der Waals surface area contributed by atoms with Crippen molar-refractivity contribution in [2.75, 3.05) is 6.79 Å². The molecule has 2 rings (SSSR count). The quantitative estimate of drug-likeness (QED) is 0.598. The Bertz CT molecular complexity index is 747. The fourth-order valence-electron chi connectivity index (χ4n) is 2.03. The first kappa shape index (κ1) is 19.6. The molecule has 9 heteroatoms. The first-order chi connectivity index (χ1) is 12.3. The fraction of sp³-hybridized carbons (Fsp3) is 0.353. The fourth-order valence-corrected chi connectivity index (χ4v) is 2.30. The van der Waals surface area contributed by atoms with Gasteiger partial charge in [0.05, 0.1) is 5.02 Å². The lowest BCUT2D eigenvalue weighted by Gasteiger charge is -2.13. The van der Waals surface area contributed by atoms with Crippen molar-refractivity contribution in [1.82, 2.24) is 10.6 Å². The smallest absolute Gasteiger partial charge is 0.331 e. The van der Waals surface area contributed by atoms with E-state index in [1.54, 1.807) is 26.0 Å². The van der Waals surface area contributed by atoms with Gasteiger partial charge in [0, 0.05) is 12.1 Å². The number of hydrogen-bond acceptors (Lipinski definition) is 6. The van der Waals surface area contributed by atoms with Gasteiger partial charge in [-0.2, -0.15) is 0 Å². The largest absolute Gasteiger partial charge is 0.454 e. The maximum Gasteiger partial charge on any atom is 0.331 e. The highest BCUT2D eigenvalue weighted by Gasteiger charge is 2.20. The van der Waals surface area contributed by atoms with Gasteiger partial charge in [-0.15, -0.1) is 0 Å². The minimum absolute atomic E-state index is 0.0846. The highest BCUT2D eigenvalue weighted by molar-refractivity contribution is 6.32. The monoisotopic (exact) mass is 382 g/mol. The zero-order chi connectivity index (χ0) is 19.3. The normalized spacial score (nSPS) is 13.6. The zero-order valence-corrected chi connectivity index (χ0v) is 15.3. The molecule has 0 aromatic heterocycles. The van der Waals surface area contributed by atoms with Crippen LogP contribution in [0.25, 0.3) is 6.08 Å². The van der Waals surface area contributed by atoms with E-state index in [1.807, 2.05) is 0 Å². The Morgan fingerprint density at radius 2 is 1.96 bits per heavy atom. The Morgan fingerprint density at radius 1 is 1.23 bits per heavy atom. The van der Waals surface area contributed by atoms with Crippen LogP contribution in [0, 0.1) is 0 Å². The molecule has 1 aromatic rings. The van der Waals surface area contributed by atoms with Crippen LogP contribution in [0.15, 0.2) is 18.2 Å². The number of ether oxygens (including phenoxy) is 3. The van der Waals surface area contributed by atoms with Crippen molar-refractivity contribution in [2.24, 2.45) is 0 Å². The molecular formula is C17H19ClN2O6. The zero-order valence-electron chi connectivity index (χ0n) is 14.5. The summed E-state index contributed by atoms with van der Waals surface area (Å²) < 4.78 is 15.4. The van der Waals surface area contributed by atoms with Crippen molar-refractivity contribution in [3.63, 3.8) is 0 Å². The van der Waals surface area contributed by atoms with Crippen molar-refractivity contribution >= 4 is 35.6 Å². The summed E-state index contributed by atoms with van der Waals surface area (Å²) in [4.78, 5) is 35.1. The van der Waals surface area contributed by atoms with Crippen molar-refractivity contribution < 1.29 is 28.6 Å². The molecule has 0 saturated heterocycles. The molecule has 2 N–H and O–H groups in total. The molecule has 0 unspecified atom stereocenters. The summed E-state index contributed by atoms with van der Waals surface area (Å²) in [6.07, 6.45) is 1.48. The van der Waals surface area contributed by atoms with E-state index in [1.165, 1.54) is 13.0 Å². The van der Waals surface area contributed by atoms with Crippen LogP contribution in [0.3, 0.4) is 0 Å². The molecule has 1 aliphatic rings. The molecule has 1 aromatic carbocycles. The number of amides is 3. The third-order valence-electron chi connectivity index (χ3n) is 3.18. The number of benzene rings is 1. The lowest BCUT2D eigenvalue weighted by molar-refractivity contribution is -0.149. The number of imide groups is 1. The number of carbonyl (C=O) groups excluding carboxylic acids is 3. The summed E-state index contributed by atoms with van der Waals surface area (Å²) in [5.41, 5.74) is 0.601. The molecule has 1 aliphatic heterocycles. The van der Waals surface area contributed by atoms with E-state index in [-0.39, 0.29) is 12.8 Å². The third-order valence-corrected chi connectivity index (χ3v) is 3.46. The highest BCUT2D eigenvalue weighted by atomic mass is 35.5. The van der Waals surface area contributed by atoms with Crippen molar-refractivity contribution in [2.45, 2.75) is 32.9 Å². The van der Waals surface area contributed by atoms with Gasteiger partial charge >= 0.3 is 12.0 Å². The number of fused-ring (bicyclic) bond motifs is 1. The van der Waals surface area contributed by atoms with E-state index in [4.69, 9.17) is 25.8 Å². The van der Waals surface area contributed by atoms with Crippen LogP contribution in [0.1, 0.15) is 26.3 Å². The van der Waals surface area contributed by atoms with Gasteiger partial charge in [0.15, 0.2) is 17.6 Å². The maximum atomic E-state index is 11.8. The Balaban J connectivity index is 1.89. The first-order valence-corrected chi connectivity index (χ1v) is 8.23. The number of carbonyl (C=O) groups is 3. The molecule has 3 amide bonds. The van der Waals surface area contributed by atoms with Gasteiger partial charge in [-0.05, 0) is 44.5 Å². The van der Waals surface area contributed by atoms with Crippen LogP contribution < -0.4 is 20.1 Å². The van der Waals surface area contributed by atoms with E-state index < -0.39 is 24.0 Å². The molecule has 1 heterocycles. The molecule has 0 fully saturated rings. The molecular weight excluding hydrogens is 364 g/mol. The highest BCUT2D eigenvalue weighted by Crippen LogP contribution is 2.40. The average molecular weight is 383 g/mol. The van der Waals surface area contributed by atoms with E-state index in [2.05, 4.69) is 10.6 Å². The molecule has 1 atom stereocenters. The Labute approximate surface area is 155 Å². The molecule has 0 radical (unpaired) electrons. The number of hydrogen-bond donors (Lipinski definition) is 2. The molecule has 8 nitrogen and oxygen atoms in total. The summed E-state index contributed by atoms with van der Waals surface area (Å²) in [5.74, 6) is -0.535. The number of urea groups is 1. The molecule has 0 aliphatic carbocycles. The molecule has 0 bridgehead atoms. The van der Waals surface area contributed by atoms with Crippen molar-refractivity contribution in [3.8, 4) is 11.5 Å². The predicted octanol–water partition coefficient (Wildman–Crippen LogP) is 2.25. The van der Waals surface area contributed by atoms with E-state index in [0.717, 1.165) is 6.08 Å². The van der Waals surface area contributed by atoms with Gasteiger partial charge in [-0.1, -0.05) is 11.6 Å². The van der Waals surface area contributed by atoms with Crippen LogP contribution in [-0.2, 0) is 14.3 Å². The van der Waals surface area contributed by atoms with E-state index >= 15 is 0 Å². The number of rotatable bonds is 5. The molecule has 0 saturated carbocycles.